The lowest BCUT2D eigenvalue weighted by Gasteiger charge is -1.98. The van der Waals surface area contributed by atoms with Crippen molar-refractivity contribution < 1.29 is 9.90 Å². The number of halogens is 2. The highest BCUT2D eigenvalue weighted by atomic mass is 79.9. The molecule has 0 fully saturated rings. The molecule has 2 rings (SSSR count). The molecule has 2 aromatic rings. The SMILES string of the molecule is O=C(O)c1cnc(-c2ccc(Cl)c(Br)c2)s1. The lowest BCUT2D eigenvalue weighted by Crippen LogP contribution is -1.89. The van der Waals surface area contributed by atoms with Crippen molar-refractivity contribution in [3.05, 3.63) is 38.8 Å². The number of aromatic carboxylic acids is 1. The Bertz CT molecular complexity index is 556. The summed E-state index contributed by atoms with van der Waals surface area (Å²) in [4.78, 5) is 15.0. The zero-order valence-corrected chi connectivity index (χ0v) is 10.9. The molecule has 0 spiro atoms. The first-order valence-corrected chi connectivity index (χ1v) is 6.21. The highest BCUT2D eigenvalue weighted by Crippen LogP contribution is 2.31. The van der Waals surface area contributed by atoms with Gasteiger partial charge in [-0.15, -0.1) is 11.3 Å². The summed E-state index contributed by atoms with van der Waals surface area (Å²) in [5.41, 5.74) is 0.841. The van der Waals surface area contributed by atoms with Gasteiger partial charge in [0.15, 0.2) is 0 Å². The minimum Gasteiger partial charge on any atom is -0.477 e. The van der Waals surface area contributed by atoms with Gasteiger partial charge in [0, 0.05) is 10.0 Å². The molecule has 1 N–H and O–H groups in total. The molecule has 3 nitrogen and oxygen atoms in total. The van der Waals surface area contributed by atoms with Gasteiger partial charge in [-0.3, -0.25) is 0 Å². The lowest BCUT2D eigenvalue weighted by molar-refractivity contribution is 0.0702. The number of rotatable bonds is 2. The van der Waals surface area contributed by atoms with E-state index < -0.39 is 5.97 Å². The molecule has 6 heteroatoms. The second-order valence-corrected chi connectivity index (χ2v) is 5.26. The molecule has 0 saturated heterocycles. The molecular formula is C10H5BrClNO2S. The number of aromatic nitrogens is 1. The van der Waals surface area contributed by atoms with Crippen LogP contribution in [0.2, 0.25) is 5.02 Å². The fourth-order valence-corrected chi connectivity index (χ4v) is 2.38. The summed E-state index contributed by atoms with van der Waals surface area (Å²) < 4.78 is 0.763. The summed E-state index contributed by atoms with van der Waals surface area (Å²) in [6, 6.07) is 5.35. The van der Waals surface area contributed by atoms with E-state index in [4.69, 9.17) is 16.7 Å². The fraction of sp³-hybridized carbons (Fsp3) is 0. The molecule has 0 atom stereocenters. The van der Waals surface area contributed by atoms with E-state index in [0.29, 0.717) is 10.0 Å². The van der Waals surface area contributed by atoms with Crippen LogP contribution in [-0.4, -0.2) is 16.1 Å². The second-order valence-electron chi connectivity index (χ2n) is 2.96. The number of carboxylic acid groups (broad SMARTS) is 1. The Kier molecular flexibility index (Phi) is 3.28. The fourth-order valence-electron chi connectivity index (χ4n) is 1.14. The first kappa shape index (κ1) is 11.6. The van der Waals surface area contributed by atoms with Crippen molar-refractivity contribution in [3.8, 4) is 10.6 Å². The van der Waals surface area contributed by atoms with Crippen molar-refractivity contribution in [1.29, 1.82) is 0 Å². The van der Waals surface area contributed by atoms with Crippen LogP contribution in [0.15, 0.2) is 28.9 Å². The number of benzene rings is 1. The summed E-state index contributed by atoms with van der Waals surface area (Å²) in [7, 11) is 0. The van der Waals surface area contributed by atoms with Crippen molar-refractivity contribution in [1.82, 2.24) is 4.98 Å². The molecule has 0 aliphatic carbocycles. The summed E-state index contributed by atoms with van der Waals surface area (Å²) in [5, 5.41) is 10.1. The number of hydrogen-bond donors (Lipinski definition) is 1. The maximum atomic E-state index is 10.7. The Hall–Kier alpha value is -0.910. The van der Waals surface area contributed by atoms with Gasteiger partial charge in [-0.1, -0.05) is 17.7 Å². The maximum Gasteiger partial charge on any atom is 0.347 e. The van der Waals surface area contributed by atoms with Gasteiger partial charge in [-0.05, 0) is 28.1 Å². The first-order valence-electron chi connectivity index (χ1n) is 4.22. The Balaban J connectivity index is 2.42. The highest BCUT2D eigenvalue weighted by molar-refractivity contribution is 9.10. The zero-order chi connectivity index (χ0) is 11.7. The van der Waals surface area contributed by atoms with Gasteiger partial charge in [-0.25, -0.2) is 9.78 Å². The monoisotopic (exact) mass is 317 g/mol. The van der Waals surface area contributed by atoms with Gasteiger partial charge in [0.25, 0.3) is 0 Å². The number of carbonyl (C=O) groups is 1. The van der Waals surface area contributed by atoms with Crippen LogP contribution in [-0.2, 0) is 0 Å². The van der Waals surface area contributed by atoms with Gasteiger partial charge < -0.3 is 5.11 Å². The van der Waals surface area contributed by atoms with Crippen LogP contribution >= 0.6 is 38.9 Å². The number of nitrogens with zero attached hydrogens (tertiary/aromatic N) is 1. The molecule has 0 aliphatic rings. The van der Waals surface area contributed by atoms with Gasteiger partial charge in [0.1, 0.15) is 9.88 Å². The predicted octanol–water partition coefficient (Wildman–Crippen LogP) is 3.92. The molecule has 16 heavy (non-hydrogen) atoms. The molecule has 0 bridgehead atoms. The topological polar surface area (TPSA) is 50.2 Å². The van der Waals surface area contributed by atoms with Crippen LogP contribution < -0.4 is 0 Å². The molecular weight excluding hydrogens is 314 g/mol. The molecule has 1 heterocycles. The van der Waals surface area contributed by atoms with E-state index in [2.05, 4.69) is 20.9 Å². The summed E-state index contributed by atoms with van der Waals surface area (Å²) in [6.45, 7) is 0. The first-order chi connectivity index (χ1) is 7.58. The smallest absolute Gasteiger partial charge is 0.347 e. The van der Waals surface area contributed by atoms with Crippen molar-refractivity contribution in [3.63, 3.8) is 0 Å². The van der Waals surface area contributed by atoms with Crippen molar-refractivity contribution in [2.45, 2.75) is 0 Å². The molecule has 0 amide bonds. The standard InChI is InChI=1S/C10H5BrClNO2S/c11-6-3-5(1-2-7(6)12)9-13-4-8(16-9)10(14)15/h1-4H,(H,14,15). The van der Waals surface area contributed by atoms with Gasteiger partial charge in [-0.2, -0.15) is 0 Å². The van der Waals surface area contributed by atoms with E-state index in [1.807, 2.05) is 6.07 Å². The van der Waals surface area contributed by atoms with Crippen molar-refractivity contribution >= 4 is 44.8 Å². The van der Waals surface area contributed by atoms with Crippen LogP contribution in [0.4, 0.5) is 0 Å². The second kappa shape index (κ2) is 4.53. The third-order valence-electron chi connectivity index (χ3n) is 1.88. The van der Waals surface area contributed by atoms with Gasteiger partial charge >= 0.3 is 5.97 Å². The molecule has 1 aromatic heterocycles. The molecule has 82 valence electrons. The predicted molar refractivity (Wildman–Crippen MR) is 67.2 cm³/mol. The quantitative estimate of drug-likeness (QED) is 0.913. The minimum absolute atomic E-state index is 0.223. The van der Waals surface area contributed by atoms with E-state index in [1.54, 1.807) is 12.1 Å². The largest absolute Gasteiger partial charge is 0.477 e. The van der Waals surface area contributed by atoms with Gasteiger partial charge in [0.2, 0.25) is 0 Å². The summed E-state index contributed by atoms with van der Waals surface area (Å²) in [6.07, 6.45) is 1.35. The van der Waals surface area contributed by atoms with E-state index in [1.165, 1.54) is 6.20 Å². The summed E-state index contributed by atoms with van der Waals surface area (Å²) >= 11 is 10.3. The van der Waals surface area contributed by atoms with Crippen molar-refractivity contribution in [2.75, 3.05) is 0 Å². The van der Waals surface area contributed by atoms with Crippen LogP contribution in [0.25, 0.3) is 10.6 Å². The lowest BCUT2D eigenvalue weighted by atomic mass is 10.2. The Morgan fingerprint density at radius 1 is 1.50 bits per heavy atom. The molecule has 0 unspecified atom stereocenters. The third kappa shape index (κ3) is 2.26. The molecule has 0 aliphatic heterocycles. The third-order valence-corrected chi connectivity index (χ3v) is 4.13. The average Bonchev–Trinajstić information content (AvgIpc) is 2.71. The molecule has 0 saturated carbocycles. The van der Waals surface area contributed by atoms with E-state index in [-0.39, 0.29) is 4.88 Å². The average molecular weight is 319 g/mol. The van der Waals surface area contributed by atoms with Crippen LogP contribution in [0, 0.1) is 0 Å². The van der Waals surface area contributed by atoms with E-state index >= 15 is 0 Å². The highest BCUT2D eigenvalue weighted by Gasteiger charge is 2.10. The van der Waals surface area contributed by atoms with Gasteiger partial charge in [0.05, 0.1) is 11.2 Å². The summed E-state index contributed by atoms with van der Waals surface area (Å²) in [5.74, 6) is -0.961. The molecule has 1 aromatic carbocycles. The minimum atomic E-state index is -0.961. The Labute approximate surface area is 109 Å². The number of thiazole rings is 1. The normalized spacial score (nSPS) is 10.4. The molecule has 0 radical (unpaired) electrons. The Morgan fingerprint density at radius 3 is 2.81 bits per heavy atom. The van der Waals surface area contributed by atoms with Crippen molar-refractivity contribution in [2.24, 2.45) is 0 Å². The van der Waals surface area contributed by atoms with Crippen LogP contribution in [0.3, 0.4) is 0 Å². The van der Waals surface area contributed by atoms with E-state index in [9.17, 15) is 4.79 Å². The Morgan fingerprint density at radius 2 is 2.25 bits per heavy atom. The zero-order valence-electron chi connectivity index (χ0n) is 7.78. The maximum absolute atomic E-state index is 10.7. The van der Waals surface area contributed by atoms with E-state index in [0.717, 1.165) is 21.4 Å². The number of hydrogen-bond acceptors (Lipinski definition) is 3. The van der Waals surface area contributed by atoms with Crippen LogP contribution in [0.1, 0.15) is 9.67 Å². The van der Waals surface area contributed by atoms with Crippen LogP contribution in [0.5, 0.6) is 0 Å². The number of carboxylic acids is 1.